The molecule has 0 spiro atoms. The lowest BCUT2D eigenvalue weighted by atomic mass is 10.2. The van der Waals surface area contributed by atoms with Crippen molar-refractivity contribution in [2.75, 3.05) is 57.1 Å². The number of para-hydroxylation sites is 3. The average molecular weight is 508 g/mol. The molecule has 0 bridgehead atoms. The number of piperazine rings is 1. The average Bonchev–Trinajstić information content (AvgIpc) is 2.81. The van der Waals surface area contributed by atoms with Crippen LogP contribution in [0.4, 0.5) is 5.69 Å². The van der Waals surface area contributed by atoms with Crippen LogP contribution in [0.25, 0.3) is 0 Å². The molecule has 1 fully saturated rings. The number of benzene rings is 2. The topological polar surface area (TPSA) is 91.3 Å². The smallest absolute Gasteiger partial charge is 0.208 e. The number of hydrogen-bond acceptors (Lipinski definition) is 7. The van der Waals surface area contributed by atoms with Crippen molar-refractivity contribution >= 4 is 15.7 Å². The molecule has 2 aromatic carbocycles. The van der Waals surface area contributed by atoms with Crippen LogP contribution in [-0.2, 0) is 10.0 Å². The van der Waals surface area contributed by atoms with Crippen molar-refractivity contribution in [3.05, 3.63) is 54.6 Å². The van der Waals surface area contributed by atoms with Gasteiger partial charge in [-0.3, -0.25) is 4.90 Å². The largest absolute Gasteiger partial charge is 0.490 e. The minimum Gasteiger partial charge on any atom is -0.490 e. The molecule has 9 heteroatoms. The standard InChI is InChI=1S/C22H30N2O3.C4H11NO2S/c1-19(25)18-27-22-11-6-5-10-21(22)26-17-7-12-23-13-15-24(16-14-23)20-8-3-2-4-9-20;1-4(2)5-8(3,6)7/h2-6,8-11,19,25H,7,12-18H2,1H3;4-5H,1-3H3. The van der Waals surface area contributed by atoms with Crippen LogP contribution in [0.3, 0.4) is 0 Å². The number of sulfonamides is 1. The van der Waals surface area contributed by atoms with Crippen LogP contribution in [0.1, 0.15) is 27.2 Å². The molecule has 0 radical (unpaired) electrons. The maximum Gasteiger partial charge on any atom is 0.208 e. The molecule has 3 rings (SSSR count). The van der Waals surface area contributed by atoms with Gasteiger partial charge in [-0.25, -0.2) is 13.1 Å². The molecule has 1 aliphatic heterocycles. The number of nitrogens with zero attached hydrogens (tertiary/aromatic N) is 2. The lowest BCUT2D eigenvalue weighted by Gasteiger charge is -2.36. The van der Waals surface area contributed by atoms with Crippen molar-refractivity contribution in [3.8, 4) is 11.5 Å². The van der Waals surface area contributed by atoms with E-state index in [0.29, 0.717) is 12.4 Å². The van der Waals surface area contributed by atoms with Gasteiger partial charge in [0.1, 0.15) is 6.61 Å². The Morgan fingerprint density at radius 3 is 2.00 bits per heavy atom. The van der Waals surface area contributed by atoms with E-state index in [1.807, 2.05) is 24.3 Å². The second-order valence-corrected chi connectivity index (χ2v) is 10.8. The molecule has 35 heavy (non-hydrogen) atoms. The summed E-state index contributed by atoms with van der Waals surface area (Å²) in [5.41, 5.74) is 1.31. The lowest BCUT2D eigenvalue weighted by Crippen LogP contribution is -2.46. The van der Waals surface area contributed by atoms with E-state index >= 15 is 0 Å². The monoisotopic (exact) mass is 507 g/mol. The quantitative estimate of drug-likeness (QED) is 0.452. The Morgan fingerprint density at radius 2 is 1.49 bits per heavy atom. The van der Waals surface area contributed by atoms with E-state index in [2.05, 4.69) is 44.9 Å². The summed E-state index contributed by atoms with van der Waals surface area (Å²) in [5.74, 6) is 1.43. The molecule has 2 N–H and O–H groups in total. The molecule has 8 nitrogen and oxygen atoms in total. The zero-order chi connectivity index (χ0) is 25.7. The third kappa shape index (κ3) is 12.3. The Morgan fingerprint density at radius 1 is 0.914 bits per heavy atom. The fourth-order valence-electron chi connectivity index (χ4n) is 3.67. The summed E-state index contributed by atoms with van der Waals surface area (Å²) in [7, 11) is -2.97. The Labute approximate surface area is 210 Å². The maximum atomic E-state index is 10.3. The van der Waals surface area contributed by atoms with Crippen LogP contribution in [0.15, 0.2) is 54.6 Å². The Balaban J connectivity index is 0.000000466. The van der Waals surface area contributed by atoms with Gasteiger partial charge in [0.15, 0.2) is 11.5 Å². The van der Waals surface area contributed by atoms with E-state index in [0.717, 1.165) is 51.1 Å². The highest BCUT2D eigenvalue weighted by molar-refractivity contribution is 7.88. The van der Waals surface area contributed by atoms with E-state index in [9.17, 15) is 13.5 Å². The predicted octanol–water partition coefficient (Wildman–Crippen LogP) is 2.98. The van der Waals surface area contributed by atoms with Gasteiger partial charge in [0, 0.05) is 44.5 Å². The molecule has 0 saturated carbocycles. The van der Waals surface area contributed by atoms with Crippen molar-refractivity contribution in [3.63, 3.8) is 0 Å². The van der Waals surface area contributed by atoms with Gasteiger partial charge in [-0.15, -0.1) is 0 Å². The van der Waals surface area contributed by atoms with Crippen LogP contribution in [0.2, 0.25) is 0 Å². The van der Waals surface area contributed by atoms with E-state index in [1.165, 1.54) is 5.69 Å². The molecule has 0 aromatic heterocycles. The molecule has 2 aromatic rings. The van der Waals surface area contributed by atoms with Gasteiger partial charge in [-0.05, 0) is 51.5 Å². The number of nitrogens with one attached hydrogen (secondary N) is 1. The molecule has 1 atom stereocenters. The summed E-state index contributed by atoms with van der Waals surface area (Å²) in [4.78, 5) is 4.95. The molecule has 1 aliphatic rings. The molecule has 0 amide bonds. The predicted molar refractivity (Wildman–Crippen MR) is 142 cm³/mol. The summed E-state index contributed by atoms with van der Waals surface area (Å²) in [6.45, 7) is 11.6. The summed E-state index contributed by atoms with van der Waals surface area (Å²) in [6, 6.07) is 18.3. The first kappa shape index (κ1) is 28.9. The SMILES string of the molecule is CC(C)NS(C)(=O)=O.CC(O)COc1ccccc1OCCCN1CCN(c2ccccc2)CC1. The van der Waals surface area contributed by atoms with Crippen LogP contribution < -0.4 is 19.1 Å². The first-order chi connectivity index (χ1) is 16.6. The van der Waals surface area contributed by atoms with Crippen LogP contribution in [0.5, 0.6) is 11.5 Å². The van der Waals surface area contributed by atoms with Gasteiger partial charge in [0.05, 0.1) is 19.0 Å². The fraction of sp³-hybridized carbons (Fsp3) is 0.538. The highest BCUT2D eigenvalue weighted by atomic mass is 32.2. The highest BCUT2D eigenvalue weighted by Gasteiger charge is 2.16. The van der Waals surface area contributed by atoms with Gasteiger partial charge in [0.25, 0.3) is 0 Å². The van der Waals surface area contributed by atoms with Crippen molar-refractivity contribution in [1.29, 1.82) is 0 Å². The maximum absolute atomic E-state index is 10.3. The molecule has 196 valence electrons. The molecular weight excluding hydrogens is 466 g/mol. The molecule has 0 aliphatic carbocycles. The zero-order valence-corrected chi connectivity index (χ0v) is 22.2. The minimum absolute atomic E-state index is 0.00463. The molecule has 1 unspecified atom stereocenters. The first-order valence-electron chi connectivity index (χ1n) is 12.2. The number of rotatable bonds is 11. The Hall–Kier alpha value is -2.33. The van der Waals surface area contributed by atoms with Crippen molar-refractivity contribution in [1.82, 2.24) is 9.62 Å². The Kier molecular flexibility index (Phi) is 12.3. The van der Waals surface area contributed by atoms with E-state index in [-0.39, 0.29) is 12.6 Å². The molecule has 1 heterocycles. The zero-order valence-electron chi connectivity index (χ0n) is 21.4. The van der Waals surface area contributed by atoms with Crippen LogP contribution >= 0.6 is 0 Å². The van der Waals surface area contributed by atoms with E-state index < -0.39 is 16.1 Å². The summed E-state index contributed by atoms with van der Waals surface area (Å²) < 4.78 is 34.5. The highest BCUT2D eigenvalue weighted by Crippen LogP contribution is 2.26. The molecule has 1 saturated heterocycles. The van der Waals surface area contributed by atoms with Crippen molar-refractivity contribution < 1.29 is 23.0 Å². The molecular formula is C26H41N3O5S. The van der Waals surface area contributed by atoms with Gasteiger partial charge < -0.3 is 19.5 Å². The third-order valence-corrected chi connectivity index (χ3v) is 6.05. The Bertz CT molecular complexity index is 946. The van der Waals surface area contributed by atoms with Gasteiger partial charge in [-0.1, -0.05) is 30.3 Å². The minimum atomic E-state index is -2.97. The number of ether oxygens (including phenoxy) is 2. The summed E-state index contributed by atoms with van der Waals surface area (Å²) in [6.07, 6.45) is 1.64. The first-order valence-corrected chi connectivity index (χ1v) is 14.1. The third-order valence-electron chi connectivity index (χ3n) is 5.15. The number of aliphatic hydroxyl groups is 1. The van der Waals surface area contributed by atoms with Gasteiger partial charge in [0.2, 0.25) is 10.0 Å². The van der Waals surface area contributed by atoms with Crippen molar-refractivity contribution in [2.24, 2.45) is 0 Å². The number of anilines is 1. The van der Waals surface area contributed by atoms with Crippen molar-refractivity contribution in [2.45, 2.75) is 39.3 Å². The second kappa shape index (κ2) is 14.9. The normalized spacial score (nSPS) is 15.3. The van der Waals surface area contributed by atoms with Crippen LogP contribution in [-0.4, -0.2) is 82.8 Å². The van der Waals surface area contributed by atoms with E-state index in [1.54, 1.807) is 20.8 Å². The number of hydrogen-bond donors (Lipinski definition) is 2. The number of aliphatic hydroxyl groups excluding tert-OH is 1. The second-order valence-electron chi connectivity index (χ2n) is 9.02. The van der Waals surface area contributed by atoms with E-state index in [4.69, 9.17) is 9.47 Å². The van der Waals surface area contributed by atoms with Gasteiger partial charge in [-0.2, -0.15) is 0 Å². The fourth-order valence-corrected chi connectivity index (χ4v) is 4.52. The lowest BCUT2D eigenvalue weighted by molar-refractivity contribution is 0.119. The summed E-state index contributed by atoms with van der Waals surface area (Å²) >= 11 is 0. The summed E-state index contributed by atoms with van der Waals surface area (Å²) in [5, 5.41) is 9.38. The van der Waals surface area contributed by atoms with Gasteiger partial charge >= 0.3 is 0 Å². The van der Waals surface area contributed by atoms with Crippen LogP contribution in [0, 0.1) is 0 Å².